The predicted molar refractivity (Wildman–Crippen MR) is 90.5 cm³/mol. The van der Waals surface area contributed by atoms with E-state index in [2.05, 4.69) is 25.2 Å². The summed E-state index contributed by atoms with van der Waals surface area (Å²) in [5, 5.41) is 8.06. The molecule has 1 amide bonds. The normalized spacial score (nSPS) is 16.9. The second-order valence-electron chi connectivity index (χ2n) is 6.18. The number of hydrogen-bond donors (Lipinski definition) is 0. The summed E-state index contributed by atoms with van der Waals surface area (Å²) in [6.07, 6.45) is 7.77. The zero-order valence-electron chi connectivity index (χ0n) is 14.2. The quantitative estimate of drug-likeness (QED) is 0.666. The second kappa shape index (κ2) is 7.42. The van der Waals surface area contributed by atoms with Gasteiger partial charge in [-0.1, -0.05) is 11.2 Å². The van der Waals surface area contributed by atoms with Gasteiger partial charge in [0.05, 0.1) is 0 Å². The Morgan fingerprint density at radius 1 is 1.35 bits per heavy atom. The molecule has 1 saturated heterocycles. The van der Waals surface area contributed by atoms with Crippen molar-refractivity contribution in [2.45, 2.75) is 38.3 Å². The summed E-state index contributed by atoms with van der Waals surface area (Å²) in [5.74, 6) is 1.03. The number of rotatable bonds is 6. The van der Waals surface area contributed by atoms with E-state index in [0.717, 1.165) is 12.8 Å². The Bertz CT molecular complexity index is 847. The van der Waals surface area contributed by atoms with Crippen LogP contribution in [0.3, 0.4) is 0 Å². The van der Waals surface area contributed by atoms with Crippen molar-refractivity contribution in [1.29, 1.82) is 0 Å². The molecule has 3 aromatic heterocycles. The maximum atomic E-state index is 12.6. The van der Waals surface area contributed by atoms with Crippen molar-refractivity contribution in [3.8, 4) is 11.5 Å². The lowest BCUT2D eigenvalue weighted by Crippen LogP contribution is -2.30. The first-order chi connectivity index (χ1) is 12.8. The molecule has 4 heterocycles. The maximum absolute atomic E-state index is 12.6. The zero-order chi connectivity index (χ0) is 17.8. The van der Waals surface area contributed by atoms with E-state index in [0.29, 0.717) is 43.3 Å². The van der Waals surface area contributed by atoms with Crippen LogP contribution in [0.5, 0.6) is 0 Å². The Balaban J connectivity index is 1.40. The van der Waals surface area contributed by atoms with Crippen molar-refractivity contribution < 1.29 is 9.32 Å². The molecule has 26 heavy (non-hydrogen) atoms. The molecule has 1 aliphatic rings. The van der Waals surface area contributed by atoms with Gasteiger partial charge in [0.1, 0.15) is 24.4 Å². The van der Waals surface area contributed by atoms with Crippen LogP contribution in [-0.2, 0) is 11.3 Å². The van der Waals surface area contributed by atoms with Crippen molar-refractivity contribution in [1.82, 2.24) is 34.8 Å². The van der Waals surface area contributed by atoms with Gasteiger partial charge in [-0.2, -0.15) is 10.1 Å². The van der Waals surface area contributed by atoms with Gasteiger partial charge in [-0.05, 0) is 31.4 Å². The van der Waals surface area contributed by atoms with Gasteiger partial charge in [0.15, 0.2) is 0 Å². The molecule has 0 unspecified atom stereocenters. The molecular weight excluding hydrogens is 334 g/mol. The fraction of sp³-hybridized carbons (Fsp3) is 0.412. The molecule has 4 rings (SSSR count). The monoisotopic (exact) mass is 353 g/mol. The number of likely N-dealkylation sites (tertiary alicyclic amines) is 1. The van der Waals surface area contributed by atoms with Gasteiger partial charge < -0.3 is 9.42 Å². The third kappa shape index (κ3) is 3.46. The van der Waals surface area contributed by atoms with Crippen LogP contribution in [0.2, 0.25) is 0 Å². The van der Waals surface area contributed by atoms with E-state index in [1.165, 1.54) is 6.33 Å². The predicted octanol–water partition coefficient (Wildman–Crippen LogP) is 1.87. The second-order valence-corrected chi connectivity index (χ2v) is 6.18. The summed E-state index contributed by atoms with van der Waals surface area (Å²) >= 11 is 0. The number of carbonyl (C=O) groups excluding carboxylic acids is 1. The fourth-order valence-corrected chi connectivity index (χ4v) is 3.18. The number of hydrogen-bond acceptors (Lipinski definition) is 7. The van der Waals surface area contributed by atoms with E-state index < -0.39 is 0 Å². The molecule has 0 aliphatic carbocycles. The molecule has 0 spiro atoms. The molecular formula is C17H19N7O2. The summed E-state index contributed by atoms with van der Waals surface area (Å²) in [7, 11) is 0. The number of aromatic nitrogens is 6. The number of nitrogens with zero attached hydrogens (tertiary/aromatic N) is 7. The Morgan fingerprint density at radius 2 is 2.31 bits per heavy atom. The average molecular weight is 353 g/mol. The van der Waals surface area contributed by atoms with Crippen molar-refractivity contribution in [2.24, 2.45) is 0 Å². The van der Waals surface area contributed by atoms with E-state index in [1.807, 2.05) is 23.1 Å². The first kappa shape index (κ1) is 16.4. The van der Waals surface area contributed by atoms with Crippen LogP contribution >= 0.6 is 0 Å². The molecule has 0 radical (unpaired) electrons. The molecule has 9 heteroatoms. The van der Waals surface area contributed by atoms with Gasteiger partial charge >= 0.3 is 0 Å². The minimum Gasteiger partial charge on any atom is -0.337 e. The third-order valence-corrected chi connectivity index (χ3v) is 4.44. The van der Waals surface area contributed by atoms with Gasteiger partial charge in [0, 0.05) is 25.7 Å². The van der Waals surface area contributed by atoms with Crippen molar-refractivity contribution in [3.63, 3.8) is 0 Å². The summed E-state index contributed by atoms with van der Waals surface area (Å²) in [6.45, 7) is 1.39. The van der Waals surface area contributed by atoms with E-state index in [1.54, 1.807) is 17.2 Å². The number of carbonyl (C=O) groups is 1. The molecule has 0 bridgehead atoms. The molecule has 9 nitrogen and oxygen atoms in total. The van der Waals surface area contributed by atoms with Crippen LogP contribution < -0.4 is 0 Å². The lowest BCUT2D eigenvalue weighted by molar-refractivity contribution is -0.132. The van der Waals surface area contributed by atoms with Crippen LogP contribution in [0.25, 0.3) is 11.5 Å². The summed E-state index contributed by atoms with van der Waals surface area (Å²) in [4.78, 5) is 27.0. The Morgan fingerprint density at radius 3 is 3.12 bits per heavy atom. The highest BCUT2D eigenvalue weighted by Gasteiger charge is 2.33. The molecule has 1 atom stereocenters. The van der Waals surface area contributed by atoms with Crippen molar-refractivity contribution in [2.75, 3.05) is 6.54 Å². The number of amides is 1. The summed E-state index contributed by atoms with van der Waals surface area (Å²) in [6, 6.07) is 5.38. The molecule has 134 valence electrons. The van der Waals surface area contributed by atoms with Crippen LogP contribution in [0, 0.1) is 0 Å². The van der Waals surface area contributed by atoms with Crippen LogP contribution in [0.4, 0.5) is 0 Å². The highest BCUT2D eigenvalue weighted by atomic mass is 16.5. The Kier molecular flexibility index (Phi) is 4.67. The minimum absolute atomic E-state index is 0.102. The number of pyridine rings is 1. The van der Waals surface area contributed by atoms with E-state index >= 15 is 0 Å². The van der Waals surface area contributed by atoms with Gasteiger partial charge in [-0.25, -0.2) is 4.98 Å². The minimum atomic E-state index is -0.154. The lowest BCUT2D eigenvalue weighted by Gasteiger charge is -2.21. The summed E-state index contributed by atoms with van der Waals surface area (Å²) < 4.78 is 7.16. The standard InChI is InChI=1S/C17H19N7O2/c25-15(7-4-9-23-12-18-11-20-23)24-10-3-6-14(24)17-21-16(22-26-17)13-5-1-2-8-19-13/h1-2,5,8,11-12,14H,3-4,6-7,9-10H2/t14-/m0/s1. The molecule has 0 N–H and O–H groups in total. The third-order valence-electron chi connectivity index (χ3n) is 4.44. The van der Waals surface area contributed by atoms with Gasteiger partial charge in [-0.3, -0.25) is 14.5 Å². The zero-order valence-corrected chi connectivity index (χ0v) is 14.2. The SMILES string of the molecule is O=C(CCCn1cncn1)N1CCC[C@H]1c1nc(-c2ccccn2)no1. The Hall–Kier alpha value is -3.10. The smallest absolute Gasteiger partial charge is 0.249 e. The molecule has 0 aromatic carbocycles. The van der Waals surface area contributed by atoms with Crippen LogP contribution in [0.15, 0.2) is 41.6 Å². The maximum Gasteiger partial charge on any atom is 0.249 e. The average Bonchev–Trinajstić information content (AvgIpc) is 3.42. The van der Waals surface area contributed by atoms with Gasteiger partial charge in [0.25, 0.3) is 0 Å². The first-order valence-corrected chi connectivity index (χ1v) is 8.68. The topological polar surface area (TPSA) is 103 Å². The van der Waals surface area contributed by atoms with Gasteiger partial charge in [0.2, 0.25) is 17.6 Å². The van der Waals surface area contributed by atoms with Gasteiger partial charge in [-0.15, -0.1) is 0 Å². The Labute approximate surface area is 150 Å². The first-order valence-electron chi connectivity index (χ1n) is 8.68. The van der Waals surface area contributed by atoms with Crippen molar-refractivity contribution >= 4 is 5.91 Å². The lowest BCUT2D eigenvalue weighted by atomic mass is 10.2. The molecule has 1 aliphatic heterocycles. The molecule has 0 saturated carbocycles. The van der Waals surface area contributed by atoms with Crippen molar-refractivity contribution in [3.05, 3.63) is 42.9 Å². The van der Waals surface area contributed by atoms with Crippen LogP contribution in [0.1, 0.15) is 37.6 Å². The fourth-order valence-electron chi connectivity index (χ4n) is 3.18. The highest BCUT2D eigenvalue weighted by Crippen LogP contribution is 2.32. The number of aryl methyl sites for hydroxylation is 1. The molecule has 3 aromatic rings. The molecule has 1 fully saturated rings. The highest BCUT2D eigenvalue weighted by molar-refractivity contribution is 5.76. The summed E-state index contributed by atoms with van der Waals surface area (Å²) in [5.41, 5.74) is 0.659. The van der Waals surface area contributed by atoms with E-state index in [-0.39, 0.29) is 11.9 Å². The van der Waals surface area contributed by atoms with E-state index in [4.69, 9.17) is 4.52 Å². The van der Waals surface area contributed by atoms with Crippen LogP contribution in [-0.4, -0.2) is 47.2 Å². The van der Waals surface area contributed by atoms with E-state index in [9.17, 15) is 4.79 Å². The largest absolute Gasteiger partial charge is 0.337 e.